The fourth-order valence-electron chi connectivity index (χ4n) is 2.59. The van der Waals surface area contributed by atoms with E-state index in [1.54, 1.807) is 19.4 Å². The predicted octanol–water partition coefficient (Wildman–Crippen LogP) is 2.11. The molecular weight excluding hydrogens is 264 g/mol. The standard InChI is InChI=1S/C16H18N4O/c1-17-15-10-18-13(9-19-15)11-20-8-4-6-12-5-2-3-7-14(12)16(20)21/h2-3,5,7,9-10H,4,6,8,11H2,1H3,(H,17,19). The Morgan fingerprint density at radius 3 is 2.86 bits per heavy atom. The number of fused-ring (bicyclic) bond motifs is 1. The predicted molar refractivity (Wildman–Crippen MR) is 81.1 cm³/mol. The van der Waals surface area contributed by atoms with Gasteiger partial charge in [0.15, 0.2) is 0 Å². The molecule has 0 saturated heterocycles. The molecule has 0 radical (unpaired) electrons. The number of hydrogen-bond acceptors (Lipinski definition) is 4. The highest BCUT2D eigenvalue weighted by molar-refractivity contribution is 5.96. The van der Waals surface area contributed by atoms with Crippen molar-refractivity contribution in [2.24, 2.45) is 0 Å². The van der Waals surface area contributed by atoms with Crippen molar-refractivity contribution in [2.45, 2.75) is 19.4 Å². The van der Waals surface area contributed by atoms with Crippen molar-refractivity contribution in [2.75, 3.05) is 18.9 Å². The number of aryl methyl sites for hydroxylation is 1. The van der Waals surface area contributed by atoms with Crippen LogP contribution in [0.4, 0.5) is 5.82 Å². The molecule has 1 N–H and O–H groups in total. The molecule has 2 heterocycles. The zero-order chi connectivity index (χ0) is 14.7. The van der Waals surface area contributed by atoms with Gasteiger partial charge < -0.3 is 10.2 Å². The normalized spacial score (nSPS) is 14.5. The van der Waals surface area contributed by atoms with Crippen molar-refractivity contribution in [3.63, 3.8) is 0 Å². The maximum Gasteiger partial charge on any atom is 0.254 e. The Labute approximate surface area is 124 Å². The summed E-state index contributed by atoms with van der Waals surface area (Å²) < 4.78 is 0. The van der Waals surface area contributed by atoms with E-state index in [-0.39, 0.29) is 5.91 Å². The van der Waals surface area contributed by atoms with Gasteiger partial charge in [0.25, 0.3) is 5.91 Å². The van der Waals surface area contributed by atoms with Gasteiger partial charge >= 0.3 is 0 Å². The summed E-state index contributed by atoms with van der Waals surface area (Å²) in [5, 5.41) is 2.94. The van der Waals surface area contributed by atoms with E-state index in [2.05, 4.69) is 15.3 Å². The molecule has 0 bridgehead atoms. The van der Waals surface area contributed by atoms with E-state index in [4.69, 9.17) is 0 Å². The third-order valence-corrected chi connectivity index (χ3v) is 3.72. The summed E-state index contributed by atoms with van der Waals surface area (Å²) in [6.07, 6.45) is 5.33. The average molecular weight is 282 g/mol. The van der Waals surface area contributed by atoms with Gasteiger partial charge in [-0.2, -0.15) is 0 Å². The van der Waals surface area contributed by atoms with Gasteiger partial charge in [-0.1, -0.05) is 18.2 Å². The Kier molecular flexibility index (Phi) is 3.81. The number of rotatable bonds is 3. The molecule has 3 rings (SSSR count). The van der Waals surface area contributed by atoms with E-state index in [9.17, 15) is 4.79 Å². The second-order valence-electron chi connectivity index (χ2n) is 5.13. The lowest BCUT2D eigenvalue weighted by atomic mass is 10.0. The molecule has 0 aliphatic carbocycles. The molecular formula is C16H18N4O. The Hall–Kier alpha value is -2.43. The van der Waals surface area contributed by atoms with Crippen LogP contribution in [-0.4, -0.2) is 34.4 Å². The molecule has 0 saturated carbocycles. The molecule has 0 unspecified atom stereocenters. The summed E-state index contributed by atoms with van der Waals surface area (Å²) in [5.74, 6) is 0.814. The molecule has 1 aromatic carbocycles. The van der Waals surface area contributed by atoms with Crippen LogP contribution in [-0.2, 0) is 13.0 Å². The van der Waals surface area contributed by atoms with E-state index in [0.29, 0.717) is 6.54 Å². The Bertz CT molecular complexity index is 639. The van der Waals surface area contributed by atoms with Crippen molar-refractivity contribution < 1.29 is 4.79 Å². The minimum atomic E-state index is 0.0857. The van der Waals surface area contributed by atoms with Gasteiger partial charge in [0.05, 0.1) is 24.6 Å². The van der Waals surface area contributed by atoms with Gasteiger partial charge in [0.1, 0.15) is 5.82 Å². The van der Waals surface area contributed by atoms with Crippen molar-refractivity contribution in [1.29, 1.82) is 0 Å². The Morgan fingerprint density at radius 2 is 2.10 bits per heavy atom. The lowest BCUT2D eigenvalue weighted by Crippen LogP contribution is -2.30. The molecule has 0 atom stereocenters. The summed E-state index contributed by atoms with van der Waals surface area (Å²) in [7, 11) is 1.80. The lowest BCUT2D eigenvalue weighted by molar-refractivity contribution is 0.0746. The van der Waals surface area contributed by atoms with Gasteiger partial charge in [-0.05, 0) is 24.5 Å². The van der Waals surface area contributed by atoms with E-state index in [0.717, 1.165) is 42.0 Å². The number of carbonyl (C=O) groups excluding carboxylic acids is 1. The minimum Gasteiger partial charge on any atom is -0.372 e. The molecule has 108 valence electrons. The summed E-state index contributed by atoms with van der Waals surface area (Å²) >= 11 is 0. The highest BCUT2D eigenvalue weighted by atomic mass is 16.2. The zero-order valence-electron chi connectivity index (χ0n) is 12.0. The first-order valence-corrected chi connectivity index (χ1v) is 7.14. The van der Waals surface area contributed by atoms with Crippen LogP contribution in [0.15, 0.2) is 36.7 Å². The molecule has 5 heteroatoms. The highest BCUT2D eigenvalue weighted by Crippen LogP contribution is 2.19. The van der Waals surface area contributed by atoms with Crippen LogP contribution >= 0.6 is 0 Å². The van der Waals surface area contributed by atoms with Crippen LogP contribution in [0.1, 0.15) is 28.0 Å². The van der Waals surface area contributed by atoms with Gasteiger partial charge in [-0.3, -0.25) is 9.78 Å². The maximum atomic E-state index is 12.6. The van der Waals surface area contributed by atoms with Gasteiger partial charge in [-0.25, -0.2) is 4.98 Å². The molecule has 1 aromatic heterocycles. The topological polar surface area (TPSA) is 58.1 Å². The van der Waals surface area contributed by atoms with E-state index in [1.165, 1.54) is 0 Å². The monoisotopic (exact) mass is 282 g/mol. The molecule has 21 heavy (non-hydrogen) atoms. The van der Waals surface area contributed by atoms with Crippen LogP contribution < -0.4 is 5.32 Å². The van der Waals surface area contributed by atoms with E-state index >= 15 is 0 Å². The third kappa shape index (κ3) is 2.86. The van der Waals surface area contributed by atoms with Crippen LogP contribution in [0.5, 0.6) is 0 Å². The number of carbonyl (C=O) groups is 1. The van der Waals surface area contributed by atoms with Crippen LogP contribution in [0.25, 0.3) is 0 Å². The fourth-order valence-corrected chi connectivity index (χ4v) is 2.59. The summed E-state index contributed by atoms with van der Waals surface area (Å²) in [6, 6.07) is 7.86. The van der Waals surface area contributed by atoms with Crippen LogP contribution in [0, 0.1) is 0 Å². The van der Waals surface area contributed by atoms with Crippen molar-refractivity contribution >= 4 is 11.7 Å². The van der Waals surface area contributed by atoms with Crippen LogP contribution in [0.2, 0.25) is 0 Å². The van der Waals surface area contributed by atoms with Gasteiger partial charge in [0, 0.05) is 19.2 Å². The molecule has 1 amide bonds. The smallest absolute Gasteiger partial charge is 0.254 e. The largest absolute Gasteiger partial charge is 0.372 e. The van der Waals surface area contributed by atoms with E-state index in [1.807, 2.05) is 29.2 Å². The number of amides is 1. The fraction of sp³-hybridized carbons (Fsp3) is 0.312. The maximum absolute atomic E-state index is 12.6. The first-order valence-electron chi connectivity index (χ1n) is 7.14. The second-order valence-corrected chi connectivity index (χ2v) is 5.13. The Morgan fingerprint density at radius 1 is 1.24 bits per heavy atom. The summed E-state index contributed by atoms with van der Waals surface area (Å²) in [5.41, 5.74) is 2.76. The number of aromatic nitrogens is 2. The molecule has 0 spiro atoms. The third-order valence-electron chi connectivity index (χ3n) is 3.72. The molecule has 2 aromatic rings. The minimum absolute atomic E-state index is 0.0857. The number of anilines is 1. The summed E-state index contributed by atoms with van der Waals surface area (Å²) in [4.78, 5) is 23.1. The van der Waals surface area contributed by atoms with Crippen molar-refractivity contribution in [3.8, 4) is 0 Å². The Balaban J connectivity index is 1.80. The van der Waals surface area contributed by atoms with Crippen molar-refractivity contribution in [1.82, 2.24) is 14.9 Å². The number of nitrogens with zero attached hydrogens (tertiary/aromatic N) is 3. The first kappa shape index (κ1) is 13.5. The molecule has 5 nitrogen and oxygen atoms in total. The van der Waals surface area contributed by atoms with Crippen LogP contribution in [0.3, 0.4) is 0 Å². The lowest BCUT2D eigenvalue weighted by Gasteiger charge is -2.20. The molecule has 1 aliphatic heterocycles. The quantitative estimate of drug-likeness (QED) is 0.936. The zero-order valence-corrected chi connectivity index (χ0v) is 12.0. The second kappa shape index (κ2) is 5.91. The average Bonchev–Trinajstić information content (AvgIpc) is 2.69. The van der Waals surface area contributed by atoms with E-state index < -0.39 is 0 Å². The van der Waals surface area contributed by atoms with Gasteiger partial charge in [-0.15, -0.1) is 0 Å². The number of nitrogens with one attached hydrogen (secondary N) is 1. The summed E-state index contributed by atoms with van der Waals surface area (Å²) in [6.45, 7) is 1.26. The highest BCUT2D eigenvalue weighted by Gasteiger charge is 2.22. The van der Waals surface area contributed by atoms with Gasteiger partial charge in [0.2, 0.25) is 0 Å². The molecule has 0 fully saturated rings. The first-order chi connectivity index (χ1) is 10.3. The van der Waals surface area contributed by atoms with Crippen molar-refractivity contribution in [3.05, 3.63) is 53.5 Å². The SMILES string of the molecule is CNc1cnc(CN2CCCc3ccccc3C2=O)cn1. The number of hydrogen-bond donors (Lipinski definition) is 1. The molecule has 1 aliphatic rings. The number of benzene rings is 1.